The van der Waals surface area contributed by atoms with Gasteiger partial charge in [-0.3, -0.25) is 9.59 Å². The SMILES string of the molecule is C[C@H]1C[C@@H](c2ccc(C(F)(F)F)cc2)CCN1C(=O)C1CC2(COC(=O)C2)C1. The molecule has 1 saturated carbocycles. The van der Waals surface area contributed by atoms with Crippen LogP contribution in [0.2, 0.25) is 0 Å². The van der Waals surface area contributed by atoms with Crippen LogP contribution in [-0.2, 0) is 20.5 Å². The van der Waals surface area contributed by atoms with Gasteiger partial charge < -0.3 is 9.64 Å². The largest absolute Gasteiger partial charge is 0.465 e. The van der Waals surface area contributed by atoms with Gasteiger partial charge in [-0.05, 0) is 56.2 Å². The van der Waals surface area contributed by atoms with Gasteiger partial charge in [0, 0.05) is 23.9 Å². The summed E-state index contributed by atoms with van der Waals surface area (Å²) in [4.78, 5) is 26.1. The molecule has 7 heteroatoms. The zero-order chi connectivity index (χ0) is 20.1. The highest BCUT2D eigenvalue weighted by Crippen LogP contribution is 2.52. The van der Waals surface area contributed by atoms with E-state index in [1.165, 1.54) is 0 Å². The minimum atomic E-state index is -4.32. The Balaban J connectivity index is 1.34. The lowest BCUT2D eigenvalue weighted by Gasteiger charge is -2.46. The van der Waals surface area contributed by atoms with Crippen LogP contribution in [0.25, 0.3) is 0 Å². The van der Waals surface area contributed by atoms with Crippen LogP contribution in [0.1, 0.15) is 56.1 Å². The minimum Gasteiger partial charge on any atom is -0.465 e. The number of amides is 1. The van der Waals surface area contributed by atoms with Gasteiger partial charge in [-0.15, -0.1) is 0 Å². The second-order valence-corrected chi connectivity index (χ2v) is 8.66. The van der Waals surface area contributed by atoms with Crippen molar-refractivity contribution in [2.24, 2.45) is 11.3 Å². The number of hydrogen-bond donors (Lipinski definition) is 0. The molecule has 4 rings (SSSR count). The lowest BCUT2D eigenvalue weighted by molar-refractivity contribution is -0.147. The topological polar surface area (TPSA) is 46.6 Å². The third kappa shape index (κ3) is 3.51. The maximum absolute atomic E-state index is 12.9. The van der Waals surface area contributed by atoms with Gasteiger partial charge in [-0.2, -0.15) is 13.2 Å². The van der Waals surface area contributed by atoms with Gasteiger partial charge in [-0.25, -0.2) is 0 Å². The fraction of sp³-hybridized carbons (Fsp3) is 0.619. The Labute approximate surface area is 162 Å². The van der Waals surface area contributed by atoms with Crippen LogP contribution in [0.15, 0.2) is 24.3 Å². The van der Waals surface area contributed by atoms with Gasteiger partial charge >= 0.3 is 12.1 Å². The van der Waals surface area contributed by atoms with Crippen molar-refractivity contribution in [3.8, 4) is 0 Å². The number of cyclic esters (lactones) is 1. The average molecular weight is 395 g/mol. The van der Waals surface area contributed by atoms with Crippen LogP contribution in [-0.4, -0.2) is 36.0 Å². The normalized spacial score (nSPS) is 32.9. The van der Waals surface area contributed by atoms with Crippen LogP contribution >= 0.6 is 0 Å². The van der Waals surface area contributed by atoms with Crippen molar-refractivity contribution >= 4 is 11.9 Å². The van der Waals surface area contributed by atoms with Gasteiger partial charge in [0.15, 0.2) is 0 Å². The predicted molar refractivity (Wildman–Crippen MR) is 95.3 cm³/mol. The van der Waals surface area contributed by atoms with Gasteiger partial charge in [0.1, 0.15) is 0 Å². The van der Waals surface area contributed by atoms with E-state index in [2.05, 4.69) is 0 Å². The maximum Gasteiger partial charge on any atom is 0.416 e. The molecule has 2 saturated heterocycles. The van der Waals surface area contributed by atoms with Crippen LogP contribution < -0.4 is 0 Å². The first-order valence-electron chi connectivity index (χ1n) is 9.80. The summed E-state index contributed by atoms with van der Waals surface area (Å²) in [7, 11) is 0. The molecule has 3 fully saturated rings. The van der Waals surface area contributed by atoms with Gasteiger partial charge in [0.2, 0.25) is 5.91 Å². The second-order valence-electron chi connectivity index (χ2n) is 8.66. The molecular formula is C21H24F3NO3. The molecule has 0 aromatic heterocycles. The molecular weight excluding hydrogens is 371 g/mol. The molecule has 1 amide bonds. The highest BCUT2D eigenvalue weighted by Gasteiger charge is 2.53. The van der Waals surface area contributed by atoms with Crippen molar-refractivity contribution < 1.29 is 27.5 Å². The number of ether oxygens (including phenoxy) is 1. The number of esters is 1. The molecule has 4 nitrogen and oxygen atoms in total. The van der Waals surface area contributed by atoms with Gasteiger partial charge in [0.05, 0.1) is 18.6 Å². The fourth-order valence-corrected chi connectivity index (χ4v) is 5.05. The number of nitrogens with zero attached hydrogens (tertiary/aromatic N) is 1. The Bertz CT molecular complexity index is 768. The number of carbonyl (C=O) groups excluding carboxylic acids is 2. The predicted octanol–water partition coefficient (Wildman–Crippen LogP) is 4.14. The molecule has 3 aliphatic rings. The molecule has 1 aliphatic carbocycles. The minimum absolute atomic E-state index is 0.0421. The highest BCUT2D eigenvalue weighted by atomic mass is 19.4. The first kappa shape index (κ1) is 19.3. The smallest absolute Gasteiger partial charge is 0.416 e. The van der Waals surface area contributed by atoms with E-state index in [1.807, 2.05) is 11.8 Å². The van der Waals surface area contributed by atoms with Crippen molar-refractivity contribution in [1.29, 1.82) is 0 Å². The van der Waals surface area contributed by atoms with Crippen molar-refractivity contribution in [2.75, 3.05) is 13.2 Å². The highest BCUT2D eigenvalue weighted by molar-refractivity contribution is 5.81. The number of alkyl halides is 3. The first-order valence-corrected chi connectivity index (χ1v) is 9.80. The van der Waals surface area contributed by atoms with E-state index in [0.717, 1.165) is 30.5 Å². The Morgan fingerprint density at radius 2 is 1.89 bits per heavy atom. The summed E-state index contributed by atoms with van der Waals surface area (Å²) in [5.41, 5.74) is 0.139. The van der Waals surface area contributed by atoms with Crippen LogP contribution in [0.4, 0.5) is 13.2 Å². The molecule has 0 N–H and O–H groups in total. The molecule has 0 radical (unpaired) electrons. The van der Waals surface area contributed by atoms with E-state index < -0.39 is 11.7 Å². The summed E-state index contributed by atoms with van der Waals surface area (Å²) in [5.74, 6) is 0.0921. The van der Waals surface area contributed by atoms with Crippen molar-refractivity contribution in [2.45, 2.75) is 57.2 Å². The molecule has 0 bridgehead atoms. The monoisotopic (exact) mass is 395 g/mol. The van der Waals surface area contributed by atoms with E-state index in [1.54, 1.807) is 12.1 Å². The number of benzene rings is 1. The molecule has 2 heterocycles. The molecule has 1 aromatic carbocycles. The number of hydrogen-bond acceptors (Lipinski definition) is 3. The summed E-state index contributed by atoms with van der Waals surface area (Å²) >= 11 is 0. The van der Waals surface area contributed by atoms with E-state index in [4.69, 9.17) is 4.74 Å². The molecule has 2 aliphatic heterocycles. The van der Waals surface area contributed by atoms with Crippen LogP contribution in [0, 0.1) is 11.3 Å². The number of piperidine rings is 1. The fourth-order valence-electron chi connectivity index (χ4n) is 5.05. The zero-order valence-electron chi connectivity index (χ0n) is 15.8. The van der Waals surface area contributed by atoms with Crippen molar-refractivity contribution in [3.63, 3.8) is 0 Å². The summed E-state index contributed by atoms with van der Waals surface area (Å²) in [5, 5.41) is 0. The van der Waals surface area contributed by atoms with E-state index in [-0.39, 0.29) is 35.2 Å². The molecule has 0 unspecified atom stereocenters. The Morgan fingerprint density at radius 3 is 2.43 bits per heavy atom. The average Bonchev–Trinajstić information content (AvgIpc) is 3.01. The molecule has 152 valence electrons. The third-order valence-electron chi connectivity index (χ3n) is 6.64. The number of likely N-dealkylation sites (tertiary alicyclic amines) is 1. The molecule has 28 heavy (non-hydrogen) atoms. The summed E-state index contributed by atoms with van der Waals surface area (Å²) in [6.45, 7) is 3.05. The summed E-state index contributed by atoms with van der Waals surface area (Å²) < 4.78 is 43.3. The first-order chi connectivity index (χ1) is 13.2. The van der Waals surface area contributed by atoms with E-state index in [9.17, 15) is 22.8 Å². The third-order valence-corrected chi connectivity index (χ3v) is 6.64. The summed E-state index contributed by atoms with van der Waals surface area (Å²) in [6, 6.07) is 5.44. The molecule has 1 spiro atoms. The van der Waals surface area contributed by atoms with E-state index >= 15 is 0 Å². The van der Waals surface area contributed by atoms with E-state index in [0.29, 0.717) is 32.4 Å². The quantitative estimate of drug-likeness (QED) is 0.707. The molecule has 1 aromatic rings. The number of carbonyl (C=O) groups is 2. The maximum atomic E-state index is 12.9. The lowest BCUT2D eigenvalue weighted by Crippen LogP contribution is -2.52. The Morgan fingerprint density at radius 1 is 1.21 bits per heavy atom. The number of rotatable bonds is 2. The zero-order valence-corrected chi connectivity index (χ0v) is 15.8. The Hall–Kier alpha value is -2.05. The van der Waals surface area contributed by atoms with Crippen molar-refractivity contribution in [1.82, 2.24) is 4.90 Å². The summed E-state index contributed by atoms with van der Waals surface area (Å²) in [6.07, 6.45) is -0.983. The van der Waals surface area contributed by atoms with Crippen molar-refractivity contribution in [3.05, 3.63) is 35.4 Å². The van der Waals surface area contributed by atoms with Gasteiger partial charge in [0.25, 0.3) is 0 Å². The van der Waals surface area contributed by atoms with Gasteiger partial charge in [-0.1, -0.05) is 12.1 Å². The number of halogens is 3. The second kappa shape index (κ2) is 6.78. The Kier molecular flexibility index (Phi) is 4.67. The van der Waals surface area contributed by atoms with Crippen LogP contribution in [0.3, 0.4) is 0 Å². The lowest BCUT2D eigenvalue weighted by atomic mass is 9.61. The standard InChI is InChI=1S/C21H24F3NO3/c1-13-8-15(14-2-4-17(5-3-14)21(22,23)24)6-7-25(13)19(27)16-9-20(10-16)11-18(26)28-12-20/h2-5,13,15-16H,6-12H2,1H3/t13-,15-,16?,20?/m0/s1. The van der Waals surface area contributed by atoms with Crippen LogP contribution in [0.5, 0.6) is 0 Å². The molecule has 2 atom stereocenters.